The number of rotatable bonds is 23. The van der Waals surface area contributed by atoms with E-state index in [0.29, 0.717) is 79.6 Å². The van der Waals surface area contributed by atoms with Gasteiger partial charge in [0, 0.05) is 58.3 Å². The van der Waals surface area contributed by atoms with Crippen LogP contribution in [0.15, 0.2) is 0 Å². The van der Waals surface area contributed by atoms with Crippen LogP contribution >= 0.6 is 0 Å². The highest BCUT2D eigenvalue weighted by molar-refractivity contribution is 5.84. The topological polar surface area (TPSA) is 220 Å². The van der Waals surface area contributed by atoms with E-state index in [9.17, 15) is 39.6 Å². The van der Waals surface area contributed by atoms with Crippen LogP contribution in [0, 0.1) is 5.92 Å². The number of nitrogens with one attached hydrogen (secondary N) is 1. The predicted molar refractivity (Wildman–Crippen MR) is 141 cm³/mol. The van der Waals surface area contributed by atoms with Crippen molar-refractivity contribution in [1.82, 2.24) is 20.5 Å². The zero-order valence-electron chi connectivity index (χ0n) is 23.2. The van der Waals surface area contributed by atoms with Gasteiger partial charge in [-0.15, -0.1) is 0 Å². The lowest BCUT2D eigenvalue weighted by molar-refractivity contribution is -0.171. The summed E-state index contributed by atoms with van der Waals surface area (Å²) in [6.07, 6.45) is 5.68. The monoisotopic (exact) mass is 560 g/mol. The van der Waals surface area contributed by atoms with Crippen LogP contribution in [0.1, 0.15) is 90.4 Å². The van der Waals surface area contributed by atoms with E-state index < -0.39 is 29.5 Å². The maximum atomic E-state index is 12.6. The van der Waals surface area contributed by atoms with E-state index in [2.05, 4.69) is 5.32 Å². The number of carbonyl (C=O) groups excluding carboxylic acids is 5. The van der Waals surface area contributed by atoms with Gasteiger partial charge in [-0.2, -0.15) is 0 Å². The molecule has 0 bridgehead atoms. The molecule has 8 N–H and O–H groups in total. The fourth-order valence-electron chi connectivity index (χ4n) is 3.80. The second kappa shape index (κ2) is 22.1. The molecule has 39 heavy (non-hydrogen) atoms. The molecule has 0 radical (unpaired) electrons. The zero-order chi connectivity index (χ0) is 29.6. The Hall–Kier alpha value is -2.81. The molecule has 5 amide bonds. The first kappa shape index (κ1) is 36.2. The zero-order valence-corrected chi connectivity index (χ0v) is 23.2. The van der Waals surface area contributed by atoms with Gasteiger partial charge in [-0.05, 0) is 51.5 Å². The van der Waals surface area contributed by atoms with Gasteiger partial charge in [-0.3, -0.25) is 39.6 Å². The van der Waals surface area contributed by atoms with Crippen LogP contribution in [-0.4, -0.2) is 93.1 Å². The van der Waals surface area contributed by atoms with E-state index in [1.807, 2.05) is 0 Å². The summed E-state index contributed by atoms with van der Waals surface area (Å²) in [5.74, 6) is -3.26. The van der Waals surface area contributed by atoms with Crippen molar-refractivity contribution in [2.24, 2.45) is 17.4 Å². The number of carbonyl (C=O) groups is 5. The molecule has 0 rings (SSSR count). The first-order chi connectivity index (χ1) is 18.5. The minimum Gasteiger partial charge on any atom is -0.370 e. The summed E-state index contributed by atoms with van der Waals surface area (Å²) in [5.41, 5.74) is 10.7. The summed E-state index contributed by atoms with van der Waals surface area (Å²) in [6, 6.07) is 0. The number of primary amides is 1. The number of hydroxylamine groups is 6. The number of amides is 5. The number of hydrogen-bond acceptors (Lipinski definition) is 9. The number of nitrogens with two attached hydrogens (primary N) is 2. The van der Waals surface area contributed by atoms with Crippen LogP contribution in [0.5, 0.6) is 0 Å². The molecule has 0 saturated heterocycles. The third kappa shape index (κ3) is 19.0. The number of hydrogen-bond donors (Lipinski definition) is 6. The lowest BCUT2D eigenvalue weighted by atomic mass is 9.96. The molecule has 0 aromatic carbocycles. The van der Waals surface area contributed by atoms with Crippen molar-refractivity contribution in [3.63, 3.8) is 0 Å². The fourth-order valence-corrected chi connectivity index (χ4v) is 3.80. The van der Waals surface area contributed by atoms with Crippen LogP contribution in [-0.2, 0) is 24.0 Å². The molecule has 0 fully saturated rings. The van der Waals surface area contributed by atoms with Gasteiger partial charge in [-0.25, -0.2) is 15.2 Å². The van der Waals surface area contributed by atoms with Gasteiger partial charge in [-0.1, -0.05) is 19.3 Å². The Morgan fingerprint density at radius 3 is 1.90 bits per heavy atom. The molecule has 226 valence electrons. The highest BCUT2D eigenvalue weighted by atomic mass is 16.5. The Labute approximate surface area is 230 Å². The highest BCUT2D eigenvalue weighted by Crippen LogP contribution is 2.17. The van der Waals surface area contributed by atoms with Crippen LogP contribution < -0.4 is 16.8 Å². The maximum absolute atomic E-state index is 12.6. The van der Waals surface area contributed by atoms with Gasteiger partial charge in [0.2, 0.25) is 29.5 Å². The maximum Gasteiger partial charge on any atom is 0.249 e. The summed E-state index contributed by atoms with van der Waals surface area (Å²) >= 11 is 0. The SMILES string of the molecule is CC(=O)N(O)CCCCCC(CC(N)=O)C(=O)N(O)CCCCCNC(=O)CCC(=O)N(O)CCCCCN. The van der Waals surface area contributed by atoms with Crippen LogP contribution in [0.4, 0.5) is 0 Å². The molecule has 0 spiro atoms. The van der Waals surface area contributed by atoms with E-state index in [1.54, 1.807) is 0 Å². The van der Waals surface area contributed by atoms with Crippen molar-refractivity contribution in [3.8, 4) is 0 Å². The van der Waals surface area contributed by atoms with E-state index in [4.69, 9.17) is 11.5 Å². The third-order valence-electron chi connectivity index (χ3n) is 6.13. The van der Waals surface area contributed by atoms with Crippen molar-refractivity contribution in [1.29, 1.82) is 0 Å². The number of unbranched alkanes of at least 4 members (excludes halogenated alkanes) is 6. The summed E-state index contributed by atoms with van der Waals surface area (Å²) in [6.45, 7) is 2.62. The van der Waals surface area contributed by atoms with Crippen molar-refractivity contribution in [2.45, 2.75) is 90.4 Å². The Balaban J connectivity index is 4.13. The van der Waals surface area contributed by atoms with Crippen LogP contribution in [0.2, 0.25) is 0 Å². The molecule has 0 aliphatic rings. The lowest BCUT2D eigenvalue weighted by Crippen LogP contribution is -2.36. The molecule has 0 aromatic rings. The quantitative estimate of drug-likeness (QED) is 0.0593. The van der Waals surface area contributed by atoms with E-state index >= 15 is 0 Å². The Morgan fingerprint density at radius 2 is 1.31 bits per heavy atom. The molecule has 1 atom stereocenters. The van der Waals surface area contributed by atoms with Gasteiger partial charge < -0.3 is 16.8 Å². The summed E-state index contributed by atoms with van der Waals surface area (Å²) in [4.78, 5) is 58.7. The van der Waals surface area contributed by atoms with Crippen molar-refractivity contribution >= 4 is 29.5 Å². The lowest BCUT2D eigenvalue weighted by Gasteiger charge is -2.21. The molecule has 14 nitrogen and oxygen atoms in total. The molecule has 14 heteroatoms. The average Bonchev–Trinajstić information content (AvgIpc) is 2.89. The van der Waals surface area contributed by atoms with E-state index in [-0.39, 0.29) is 44.8 Å². The van der Waals surface area contributed by atoms with Crippen molar-refractivity contribution < 1.29 is 39.6 Å². The summed E-state index contributed by atoms with van der Waals surface area (Å²) < 4.78 is 0. The molecule has 0 aromatic heterocycles. The predicted octanol–water partition coefficient (Wildman–Crippen LogP) is 0.907. The third-order valence-corrected chi connectivity index (χ3v) is 6.13. The Kier molecular flexibility index (Phi) is 20.5. The van der Waals surface area contributed by atoms with Crippen LogP contribution in [0.3, 0.4) is 0 Å². The Bertz CT molecular complexity index is 754. The smallest absolute Gasteiger partial charge is 0.249 e. The van der Waals surface area contributed by atoms with Gasteiger partial charge in [0.15, 0.2) is 0 Å². The van der Waals surface area contributed by atoms with E-state index in [1.165, 1.54) is 6.92 Å². The van der Waals surface area contributed by atoms with Crippen LogP contribution in [0.25, 0.3) is 0 Å². The fraction of sp³-hybridized carbons (Fsp3) is 0.800. The average molecular weight is 561 g/mol. The van der Waals surface area contributed by atoms with Gasteiger partial charge in [0.05, 0.1) is 0 Å². The molecule has 0 heterocycles. The van der Waals surface area contributed by atoms with Crippen molar-refractivity contribution in [3.05, 3.63) is 0 Å². The molecule has 0 aliphatic carbocycles. The number of nitrogens with zero attached hydrogens (tertiary/aromatic N) is 3. The first-order valence-electron chi connectivity index (χ1n) is 13.7. The highest BCUT2D eigenvalue weighted by Gasteiger charge is 2.25. The normalized spacial score (nSPS) is 11.5. The molecule has 0 aliphatic heterocycles. The molecule has 1 unspecified atom stereocenters. The summed E-state index contributed by atoms with van der Waals surface area (Å²) in [7, 11) is 0. The Morgan fingerprint density at radius 1 is 0.744 bits per heavy atom. The molecular weight excluding hydrogens is 512 g/mol. The first-order valence-corrected chi connectivity index (χ1v) is 13.7. The minimum absolute atomic E-state index is 0.0339. The van der Waals surface area contributed by atoms with Gasteiger partial charge >= 0.3 is 0 Å². The molecular formula is C25H48N6O8. The van der Waals surface area contributed by atoms with Gasteiger partial charge in [0.1, 0.15) is 0 Å². The van der Waals surface area contributed by atoms with Crippen molar-refractivity contribution in [2.75, 3.05) is 32.7 Å². The summed E-state index contributed by atoms with van der Waals surface area (Å²) in [5, 5.41) is 33.8. The van der Waals surface area contributed by atoms with E-state index in [0.717, 1.165) is 12.8 Å². The second-order valence-corrected chi connectivity index (χ2v) is 9.60. The second-order valence-electron chi connectivity index (χ2n) is 9.60. The largest absolute Gasteiger partial charge is 0.370 e. The molecule has 0 saturated carbocycles. The minimum atomic E-state index is -0.756. The standard InChI is InChI=1S/C25H48N6O8/c1-20(32)29(37)16-8-2-5-11-21(19-22(27)33)25(36)31(39)18-10-4-7-15-28-23(34)12-13-24(35)30(38)17-9-3-6-14-26/h21,37-39H,2-19,26H2,1H3,(H2,27,33)(H,28,34). The van der Waals surface area contributed by atoms with Gasteiger partial charge in [0.25, 0.3) is 0 Å².